The lowest BCUT2D eigenvalue weighted by Crippen LogP contribution is -1.99. The van der Waals surface area contributed by atoms with Crippen molar-refractivity contribution in [2.45, 2.75) is 6.92 Å². The Morgan fingerprint density at radius 2 is 1.65 bits per heavy atom. The quantitative estimate of drug-likeness (QED) is 0.729. The molecule has 3 rings (SSSR count). The van der Waals surface area contributed by atoms with Crippen LogP contribution in [0.3, 0.4) is 0 Å². The monoisotopic (exact) mass is 265 g/mol. The third-order valence-electron chi connectivity index (χ3n) is 3.06. The molecule has 0 saturated heterocycles. The third-order valence-corrected chi connectivity index (χ3v) is 3.06. The normalized spacial score (nSPS) is 10.5. The molecule has 1 heterocycles. The molecule has 0 N–H and O–H groups in total. The average molecular weight is 265 g/mol. The first-order chi connectivity index (χ1) is 9.78. The van der Waals surface area contributed by atoms with Gasteiger partial charge < -0.3 is 4.74 Å². The molecule has 4 heteroatoms. The van der Waals surface area contributed by atoms with Crippen molar-refractivity contribution in [3.63, 3.8) is 0 Å². The number of hydrogen-bond donors (Lipinski definition) is 0. The minimum Gasteiger partial charge on any atom is -0.497 e. The zero-order valence-electron chi connectivity index (χ0n) is 11.4. The first-order valence-electron chi connectivity index (χ1n) is 6.41. The molecule has 0 aliphatic heterocycles. The molecule has 0 fully saturated rings. The van der Waals surface area contributed by atoms with Crippen molar-refractivity contribution in [2.75, 3.05) is 7.11 Å². The van der Waals surface area contributed by atoms with E-state index >= 15 is 0 Å². The topological polar surface area (TPSA) is 39.9 Å². The molecule has 0 aliphatic carbocycles. The molecule has 0 aliphatic rings. The summed E-state index contributed by atoms with van der Waals surface area (Å²) < 4.78 is 7.04. The van der Waals surface area contributed by atoms with Gasteiger partial charge in [-0.2, -0.15) is 5.10 Å². The predicted molar refractivity (Wildman–Crippen MR) is 78.1 cm³/mol. The van der Waals surface area contributed by atoms with Crippen molar-refractivity contribution in [2.24, 2.45) is 0 Å². The summed E-state index contributed by atoms with van der Waals surface area (Å²) >= 11 is 0. The standard InChI is InChI=1S/C16H15N3O/c1-12-17-16(13-8-10-15(20-2)11-9-13)19(18-12)14-6-4-3-5-7-14/h3-11H,1-2H3. The summed E-state index contributed by atoms with van der Waals surface area (Å²) in [6.45, 7) is 1.90. The van der Waals surface area contributed by atoms with Gasteiger partial charge in [0, 0.05) is 5.56 Å². The van der Waals surface area contributed by atoms with Crippen LogP contribution in [0, 0.1) is 6.92 Å². The molecule has 0 amide bonds. The van der Waals surface area contributed by atoms with Gasteiger partial charge in [-0.25, -0.2) is 9.67 Å². The second-order valence-electron chi connectivity index (χ2n) is 4.46. The molecule has 4 nitrogen and oxygen atoms in total. The number of rotatable bonds is 3. The molecule has 0 saturated carbocycles. The number of nitrogens with zero attached hydrogens (tertiary/aromatic N) is 3. The van der Waals surface area contributed by atoms with Crippen LogP contribution in [-0.4, -0.2) is 21.9 Å². The van der Waals surface area contributed by atoms with Gasteiger partial charge in [0.1, 0.15) is 11.6 Å². The van der Waals surface area contributed by atoms with Crippen LogP contribution in [-0.2, 0) is 0 Å². The van der Waals surface area contributed by atoms with Crippen molar-refractivity contribution in [1.82, 2.24) is 14.8 Å². The van der Waals surface area contributed by atoms with E-state index < -0.39 is 0 Å². The van der Waals surface area contributed by atoms with Crippen molar-refractivity contribution in [3.05, 3.63) is 60.4 Å². The van der Waals surface area contributed by atoms with Crippen LogP contribution in [0.2, 0.25) is 0 Å². The first kappa shape index (κ1) is 12.4. The van der Waals surface area contributed by atoms with Crippen LogP contribution in [0.5, 0.6) is 5.75 Å². The van der Waals surface area contributed by atoms with Crippen LogP contribution in [0.1, 0.15) is 5.82 Å². The average Bonchev–Trinajstić information content (AvgIpc) is 2.90. The Hall–Kier alpha value is -2.62. The second-order valence-corrected chi connectivity index (χ2v) is 4.46. The summed E-state index contributed by atoms with van der Waals surface area (Å²) in [6.07, 6.45) is 0. The molecular weight excluding hydrogens is 250 g/mol. The fourth-order valence-electron chi connectivity index (χ4n) is 2.09. The molecule has 0 radical (unpaired) electrons. The summed E-state index contributed by atoms with van der Waals surface area (Å²) in [5.74, 6) is 2.41. The highest BCUT2D eigenvalue weighted by Crippen LogP contribution is 2.23. The molecule has 20 heavy (non-hydrogen) atoms. The van der Waals surface area contributed by atoms with E-state index in [-0.39, 0.29) is 0 Å². The van der Waals surface area contributed by atoms with Crippen molar-refractivity contribution < 1.29 is 4.74 Å². The summed E-state index contributed by atoms with van der Waals surface area (Å²) in [6, 6.07) is 17.8. The first-order valence-corrected chi connectivity index (χ1v) is 6.41. The molecule has 2 aromatic carbocycles. The molecule has 3 aromatic rings. The number of hydrogen-bond acceptors (Lipinski definition) is 3. The number of aryl methyl sites for hydroxylation is 1. The lowest BCUT2D eigenvalue weighted by Gasteiger charge is -2.06. The number of ether oxygens (including phenoxy) is 1. The minimum absolute atomic E-state index is 0.750. The van der Waals surface area contributed by atoms with Gasteiger partial charge >= 0.3 is 0 Å². The maximum atomic E-state index is 5.18. The van der Waals surface area contributed by atoms with Crippen molar-refractivity contribution in [3.8, 4) is 22.8 Å². The Kier molecular flexibility index (Phi) is 3.21. The fourth-order valence-corrected chi connectivity index (χ4v) is 2.09. The van der Waals surface area contributed by atoms with Crippen molar-refractivity contribution in [1.29, 1.82) is 0 Å². The van der Waals surface area contributed by atoms with Crippen LogP contribution in [0.25, 0.3) is 17.1 Å². The zero-order valence-corrected chi connectivity index (χ0v) is 11.4. The minimum atomic E-state index is 0.750. The number of methoxy groups -OCH3 is 1. The van der Waals surface area contributed by atoms with E-state index in [1.165, 1.54) is 0 Å². The Morgan fingerprint density at radius 1 is 0.950 bits per heavy atom. The van der Waals surface area contributed by atoms with Crippen LogP contribution in [0.15, 0.2) is 54.6 Å². The van der Waals surface area contributed by atoms with E-state index in [2.05, 4.69) is 10.1 Å². The van der Waals surface area contributed by atoms with Gasteiger partial charge in [0.25, 0.3) is 0 Å². The third kappa shape index (κ3) is 2.28. The SMILES string of the molecule is COc1ccc(-c2nc(C)nn2-c2ccccc2)cc1. The van der Waals surface area contributed by atoms with Gasteiger partial charge in [0.2, 0.25) is 0 Å². The van der Waals surface area contributed by atoms with Gasteiger partial charge in [0.15, 0.2) is 5.82 Å². The number of benzene rings is 2. The van der Waals surface area contributed by atoms with E-state index in [1.807, 2.05) is 66.2 Å². The molecule has 100 valence electrons. The van der Waals surface area contributed by atoms with Gasteiger partial charge in [-0.15, -0.1) is 0 Å². The van der Waals surface area contributed by atoms with E-state index in [0.29, 0.717) is 0 Å². The smallest absolute Gasteiger partial charge is 0.163 e. The molecule has 0 atom stereocenters. The molecule has 0 bridgehead atoms. The van der Waals surface area contributed by atoms with E-state index in [1.54, 1.807) is 7.11 Å². The fraction of sp³-hybridized carbons (Fsp3) is 0.125. The van der Waals surface area contributed by atoms with Gasteiger partial charge in [-0.1, -0.05) is 18.2 Å². The molecule has 0 unspecified atom stereocenters. The predicted octanol–water partition coefficient (Wildman–Crippen LogP) is 3.25. The van der Waals surface area contributed by atoms with E-state index in [9.17, 15) is 0 Å². The van der Waals surface area contributed by atoms with Crippen LogP contribution < -0.4 is 4.74 Å². The van der Waals surface area contributed by atoms with E-state index in [0.717, 1.165) is 28.6 Å². The molecule has 1 aromatic heterocycles. The number of aromatic nitrogens is 3. The number of para-hydroxylation sites is 1. The highest BCUT2D eigenvalue weighted by molar-refractivity contribution is 5.59. The summed E-state index contributed by atoms with van der Waals surface area (Å²) in [5.41, 5.74) is 2.01. The van der Waals surface area contributed by atoms with Gasteiger partial charge in [0.05, 0.1) is 12.8 Å². The second kappa shape index (κ2) is 5.17. The lowest BCUT2D eigenvalue weighted by atomic mass is 10.2. The Labute approximate surface area is 117 Å². The molecule has 0 spiro atoms. The Bertz CT molecular complexity index is 702. The maximum absolute atomic E-state index is 5.18. The van der Waals surface area contributed by atoms with Gasteiger partial charge in [-0.05, 0) is 43.3 Å². The van der Waals surface area contributed by atoms with Crippen molar-refractivity contribution >= 4 is 0 Å². The van der Waals surface area contributed by atoms with Gasteiger partial charge in [-0.3, -0.25) is 0 Å². The zero-order chi connectivity index (χ0) is 13.9. The molecular formula is C16H15N3O. The highest BCUT2D eigenvalue weighted by Gasteiger charge is 2.11. The van der Waals surface area contributed by atoms with E-state index in [4.69, 9.17) is 4.74 Å². The Morgan fingerprint density at radius 3 is 2.30 bits per heavy atom. The lowest BCUT2D eigenvalue weighted by molar-refractivity contribution is 0.415. The largest absolute Gasteiger partial charge is 0.497 e. The highest BCUT2D eigenvalue weighted by atomic mass is 16.5. The van der Waals surface area contributed by atoms with Crippen LogP contribution >= 0.6 is 0 Å². The maximum Gasteiger partial charge on any atom is 0.163 e. The Balaban J connectivity index is 2.09. The van der Waals surface area contributed by atoms with Crippen LogP contribution in [0.4, 0.5) is 0 Å². The summed E-state index contributed by atoms with van der Waals surface area (Å²) in [4.78, 5) is 4.52. The summed E-state index contributed by atoms with van der Waals surface area (Å²) in [5, 5.41) is 4.47. The summed E-state index contributed by atoms with van der Waals surface area (Å²) in [7, 11) is 1.66.